The molecule has 84 valence electrons. The molecule has 1 rings (SSSR count). The van der Waals surface area contributed by atoms with E-state index in [-0.39, 0.29) is 0 Å². The van der Waals surface area contributed by atoms with Crippen LogP contribution in [0.5, 0.6) is 0 Å². The Morgan fingerprint density at radius 1 is 1.50 bits per heavy atom. The first-order valence-corrected chi connectivity index (χ1v) is 5.87. The quantitative estimate of drug-likeness (QED) is 0.725. The minimum absolute atomic E-state index is 0.440. The predicted molar refractivity (Wildman–Crippen MR) is 59.4 cm³/mol. The van der Waals surface area contributed by atoms with Crippen molar-refractivity contribution in [3.63, 3.8) is 0 Å². The number of ether oxygens (including phenoxy) is 1. The SMILES string of the molecule is CCC1CN(C(CC)CCN)CCO1. The first-order chi connectivity index (χ1) is 6.81. The molecule has 0 aromatic heterocycles. The van der Waals surface area contributed by atoms with Crippen molar-refractivity contribution in [2.45, 2.75) is 45.3 Å². The van der Waals surface area contributed by atoms with Crippen LogP contribution in [0.1, 0.15) is 33.1 Å². The zero-order chi connectivity index (χ0) is 10.4. The Labute approximate surface area is 87.6 Å². The van der Waals surface area contributed by atoms with Crippen LogP contribution in [0.4, 0.5) is 0 Å². The summed E-state index contributed by atoms with van der Waals surface area (Å²) in [5, 5.41) is 0. The molecule has 0 aromatic rings. The smallest absolute Gasteiger partial charge is 0.0700 e. The summed E-state index contributed by atoms with van der Waals surface area (Å²) in [6.45, 7) is 8.30. The van der Waals surface area contributed by atoms with E-state index in [1.807, 2.05) is 0 Å². The predicted octanol–water partition coefficient (Wildman–Crippen LogP) is 1.22. The molecule has 1 fully saturated rings. The van der Waals surface area contributed by atoms with E-state index in [2.05, 4.69) is 18.7 Å². The molecule has 1 heterocycles. The Morgan fingerprint density at radius 3 is 2.86 bits per heavy atom. The van der Waals surface area contributed by atoms with Crippen LogP contribution in [0.15, 0.2) is 0 Å². The number of nitrogens with zero attached hydrogens (tertiary/aromatic N) is 1. The van der Waals surface area contributed by atoms with Crippen molar-refractivity contribution in [2.75, 3.05) is 26.2 Å². The maximum Gasteiger partial charge on any atom is 0.0700 e. The molecule has 1 aliphatic heterocycles. The highest BCUT2D eigenvalue weighted by Gasteiger charge is 2.23. The molecule has 0 radical (unpaired) electrons. The summed E-state index contributed by atoms with van der Waals surface area (Å²) < 4.78 is 5.66. The van der Waals surface area contributed by atoms with E-state index in [0.717, 1.165) is 39.1 Å². The zero-order valence-corrected chi connectivity index (χ0v) is 9.54. The van der Waals surface area contributed by atoms with Crippen LogP contribution in [0.3, 0.4) is 0 Å². The van der Waals surface area contributed by atoms with Crippen molar-refractivity contribution in [1.29, 1.82) is 0 Å². The molecule has 3 heteroatoms. The first kappa shape index (κ1) is 12.0. The van der Waals surface area contributed by atoms with Gasteiger partial charge in [-0.3, -0.25) is 4.90 Å². The van der Waals surface area contributed by atoms with E-state index < -0.39 is 0 Å². The first-order valence-electron chi connectivity index (χ1n) is 5.87. The fourth-order valence-electron chi connectivity index (χ4n) is 2.16. The van der Waals surface area contributed by atoms with E-state index >= 15 is 0 Å². The van der Waals surface area contributed by atoms with Crippen LogP contribution in [-0.4, -0.2) is 43.3 Å². The molecule has 0 saturated carbocycles. The fourth-order valence-corrected chi connectivity index (χ4v) is 2.16. The van der Waals surface area contributed by atoms with Crippen molar-refractivity contribution >= 4 is 0 Å². The maximum absolute atomic E-state index is 5.66. The largest absolute Gasteiger partial charge is 0.376 e. The summed E-state index contributed by atoms with van der Waals surface area (Å²) >= 11 is 0. The highest BCUT2D eigenvalue weighted by Crippen LogP contribution is 2.15. The molecule has 0 aliphatic carbocycles. The topological polar surface area (TPSA) is 38.5 Å². The standard InChI is InChI=1S/C11H24N2O/c1-3-10(5-6-12)13-7-8-14-11(4-2)9-13/h10-11H,3-9,12H2,1-2H3. The average molecular weight is 200 g/mol. The van der Waals surface area contributed by atoms with Gasteiger partial charge in [-0.25, -0.2) is 0 Å². The van der Waals surface area contributed by atoms with Crippen LogP contribution in [0.2, 0.25) is 0 Å². The lowest BCUT2D eigenvalue weighted by atomic mass is 10.1. The van der Waals surface area contributed by atoms with Gasteiger partial charge in [0.25, 0.3) is 0 Å². The van der Waals surface area contributed by atoms with Crippen LogP contribution in [0, 0.1) is 0 Å². The van der Waals surface area contributed by atoms with Crippen molar-refractivity contribution in [1.82, 2.24) is 4.90 Å². The lowest BCUT2D eigenvalue weighted by Gasteiger charge is -2.37. The number of hydrogen-bond acceptors (Lipinski definition) is 3. The minimum atomic E-state index is 0.440. The lowest BCUT2D eigenvalue weighted by molar-refractivity contribution is -0.0456. The van der Waals surface area contributed by atoms with Crippen LogP contribution in [-0.2, 0) is 4.74 Å². The number of rotatable bonds is 5. The summed E-state index contributed by atoms with van der Waals surface area (Å²) in [6, 6.07) is 0.665. The summed E-state index contributed by atoms with van der Waals surface area (Å²) in [4.78, 5) is 2.55. The van der Waals surface area contributed by atoms with Gasteiger partial charge in [0.15, 0.2) is 0 Å². The third kappa shape index (κ3) is 3.23. The van der Waals surface area contributed by atoms with Gasteiger partial charge in [-0.1, -0.05) is 13.8 Å². The van der Waals surface area contributed by atoms with E-state index in [1.165, 1.54) is 6.42 Å². The van der Waals surface area contributed by atoms with Crippen molar-refractivity contribution < 1.29 is 4.74 Å². The van der Waals surface area contributed by atoms with Gasteiger partial charge < -0.3 is 10.5 Å². The second kappa shape index (κ2) is 6.38. The van der Waals surface area contributed by atoms with Crippen molar-refractivity contribution in [3.8, 4) is 0 Å². The van der Waals surface area contributed by atoms with Gasteiger partial charge in [0.05, 0.1) is 12.7 Å². The van der Waals surface area contributed by atoms with Gasteiger partial charge in [-0.05, 0) is 25.8 Å². The third-order valence-electron chi connectivity index (χ3n) is 3.11. The van der Waals surface area contributed by atoms with Gasteiger partial charge in [0.2, 0.25) is 0 Å². The van der Waals surface area contributed by atoms with Crippen LogP contribution >= 0.6 is 0 Å². The average Bonchev–Trinajstić information content (AvgIpc) is 2.26. The second-order valence-electron chi connectivity index (χ2n) is 4.04. The summed E-state index contributed by atoms with van der Waals surface area (Å²) in [6.07, 6.45) is 3.88. The molecule has 0 bridgehead atoms. The third-order valence-corrected chi connectivity index (χ3v) is 3.11. The van der Waals surface area contributed by atoms with Gasteiger partial charge in [0.1, 0.15) is 0 Å². The molecule has 2 N–H and O–H groups in total. The Morgan fingerprint density at radius 2 is 2.29 bits per heavy atom. The molecular formula is C11H24N2O. The Hall–Kier alpha value is -0.120. The molecule has 0 spiro atoms. The molecule has 1 aliphatic rings. The normalized spacial score (nSPS) is 26.4. The second-order valence-corrected chi connectivity index (χ2v) is 4.04. The van der Waals surface area contributed by atoms with Gasteiger partial charge in [-0.2, -0.15) is 0 Å². The highest BCUT2D eigenvalue weighted by atomic mass is 16.5. The summed E-state index contributed by atoms with van der Waals surface area (Å²) in [5.74, 6) is 0. The van der Waals surface area contributed by atoms with Crippen molar-refractivity contribution in [3.05, 3.63) is 0 Å². The summed E-state index contributed by atoms with van der Waals surface area (Å²) in [7, 11) is 0. The highest BCUT2D eigenvalue weighted by molar-refractivity contribution is 4.77. The van der Waals surface area contributed by atoms with Gasteiger partial charge in [-0.15, -0.1) is 0 Å². The zero-order valence-electron chi connectivity index (χ0n) is 9.54. The fraction of sp³-hybridized carbons (Fsp3) is 1.00. The van der Waals surface area contributed by atoms with E-state index in [1.54, 1.807) is 0 Å². The summed E-state index contributed by atoms with van der Waals surface area (Å²) in [5.41, 5.74) is 5.62. The molecule has 0 aromatic carbocycles. The maximum atomic E-state index is 5.66. The molecule has 2 atom stereocenters. The van der Waals surface area contributed by atoms with Gasteiger partial charge in [0, 0.05) is 19.1 Å². The molecule has 1 saturated heterocycles. The molecule has 0 amide bonds. The van der Waals surface area contributed by atoms with Crippen LogP contribution in [0.25, 0.3) is 0 Å². The van der Waals surface area contributed by atoms with Crippen LogP contribution < -0.4 is 5.73 Å². The monoisotopic (exact) mass is 200 g/mol. The van der Waals surface area contributed by atoms with E-state index in [9.17, 15) is 0 Å². The Balaban J connectivity index is 2.40. The Kier molecular flexibility index (Phi) is 5.45. The molecule has 2 unspecified atom stereocenters. The molecule has 14 heavy (non-hydrogen) atoms. The number of hydrogen-bond donors (Lipinski definition) is 1. The van der Waals surface area contributed by atoms with E-state index in [4.69, 9.17) is 10.5 Å². The number of nitrogens with two attached hydrogens (primary N) is 1. The van der Waals surface area contributed by atoms with Crippen molar-refractivity contribution in [2.24, 2.45) is 5.73 Å². The van der Waals surface area contributed by atoms with E-state index in [0.29, 0.717) is 12.1 Å². The molecular weight excluding hydrogens is 176 g/mol. The minimum Gasteiger partial charge on any atom is -0.376 e. The Bertz CT molecular complexity index is 152. The molecule has 3 nitrogen and oxygen atoms in total. The van der Waals surface area contributed by atoms with Gasteiger partial charge >= 0.3 is 0 Å². The lowest BCUT2D eigenvalue weighted by Crippen LogP contribution is -2.47. The number of morpholine rings is 1.